The summed E-state index contributed by atoms with van der Waals surface area (Å²) in [5, 5.41) is 1.06. The van der Waals surface area contributed by atoms with Crippen LogP contribution in [0.15, 0.2) is 97.1 Å². The summed E-state index contributed by atoms with van der Waals surface area (Å²) in [7, 11) is 0. The summed E-state index contributed by atoms with van der Waals surface area (Å²) in [6.07, 6.45) is 5.58. The molecule has 2 aliphatic rings. The third-order valence-corrected chi connectivity index (χ3v) is 12.0. The Balaban J connectivity index is 0.932. The highest BCUT2D eigenvalue weighted by Crippen LogP contribution is 2.44. The molecule has 1 fully saturated rings. The fourth-order valence-electron chi connectivity index (χ4n) is 7.79. The number of carbonyl (C=O) groups excluding carboxylic acids is 3. The molecule has 1 unspecified atom stereocenters. The smallest absolute Gasteiger partial charge is 0.410 e. The maximum atomic E-state index is 13.7. The molecule has 1 atom stereocenters. The average molecular weight is 788 g/mol. The number of rotatable bonds is 18. The van der Waals surface area contributed by atoms with E-state index in [2.05, 4.69) is 68.4 Å². The molecule has 1 saturated carbocycles. The highest BCUT2D eigenvalue weighted by atomic mass is 32.1. The Morgan fingerprint density at radius 3 is 2.12 bits per heavy atom. The van der Waals surface area contributed by atoms with Crippen LogP contribution in [0.5, 0.6) is 0 Å². The largest absolute Gasteiger partial charge is 0.461 e. The molecule has 0 radical (unpaired) electrons. The van der Waals surface area contributed by atoms with E-state index < -0.39 is 18.4 Å². The third kappa shape index (κ3) is 10.6. The van der Waals surface area contributed by atoms with E-state index in [-0.39, 0.29) is 44.1 Å². The number of ether oxygens (including phenoxy) is 4. The zero-order valence-corrected chi connectivity index (χ0v) is 34.1. The molecule has 57 heavy (non-hydrogen) atoms. The van der Waals surface area contributed by atoms with Gasteiger partial charge in [0.05, 0.1) is 11.5 Å². The Labute approximate surface area is 340 Å². The van der Waals surface area contributed by atoms with Crippen LogP contribution in [0.2, 0.25) is 0 Å². The van der Waals surface area contributed by atoms with Crippen molar-refractivity contribution in [2.45, 2.75) is 90.6 Å². The van der Waals surface area contributed by atoms with Crippen LogP contribution >= 0.6 is 11.3 Å². The lowest BCUT2D eigenvalue weighted by Gasteiger charge is -2.24. The SMILES string of the molecule is CC(C)COC(C)OCC(=O)c1cc2ccc(CCCc3ccc(CN(CC(=O)OC4CCCC4)C(=O)OCC4c5ccccc5-c5ccccc54)cc3)cc2s1. The molecule has 1 heterocycles. The number of Topliss-reactive ketones (excluding diaryl/α,β-unsaturated/α-hetero) is 1. The lowest BCUT2D eigenvalue weighted by atomic mass is 9.98. The molecule has 298 valence electrons. The molecule has 0 spiro atoms. The van der Waals surface area contributed by atoms with Crippen molar-refractivity contribution in [3.63, 3.8) is 0 Å². The highest BCUT2D eigenvalue weighted by Gasteiger charge is 2.31. The summed E-state index contributed by atoms with van der Waals surface area (Å²) in [4.78, 5) is 41.8. The maximum Gasteiger partial charge on any atom is 0.410 e. The lowest BCUT2D eigenvalue weighted by Crippen LogP contribution is -2.37. The van der Waals surface area contributed by atoms with Gasteiger partial charge in [-0.2, -0.15) is 0 Å². The van der Waals surface area contributed by atoms with Crippen LogP contribution in [0.25, 0.3) is 21.2 Å². The van der Waals surface area contributed by atoms with Gasteiger partial charge in [0, 0.05) is 17.2 Å². The van der Waals surface area contributed by atoms with Crippen LogP contribution in [0.3, 0.4) is 0 Å². The van der Waals surface area contributed by atoms with Gasteiger partial charge in [-0.25, -0.2) is 4.79 Å². The second kappa shape index (κ2) is 19.1. The molecule has 5 aromatic rings. The Bertz CT molecular complexity index is 2110. The van der Waals surface area contributed by atoms with E-state index in [1.807, 2.05) is 49.4 Å². The van der Waals surface area contributed by atoms with Crippen molar-refractivity contribution in [1.82, 2.24) is 4.90 Å². The molecule has 0 N–H and O–H groups in total. The molecule has 8 nitrogen and oxygen atoms in total. The van der Waals surface area contributed by atoms with Gasteiger partial charge in [0.2, 0.25) is 0 Å². The summed E-state index contributed by atoms with van der Waals surface area (Å²) in [6, 6.07) is 33.1. The first-order valence-electron chi connectivity index (χ1n) is 20.4. The number of thiophene rings is 1. The monoisotopic (exact) mass is 787 g/mol. The van der Waals surface area contributed by atoms with Crippen LogP contribution in [0, 0.1) is 5.92 Å². The predicted molar refractivity (Wildman–Crippen MR) is 225 cm³/mol. The number of nitrogens with zero attached hydrogens (tertiary/aromatic N) is 1. The molecule has 7 rings (SSSR count). The van der Waals surface area contributed by atoms with Crippen molar-refractivity contribution in [2.24, 2.45) is 5.92 Å². The van der Waals surface area contributed by atoms with Gasteiger partial charge in [-0.1, -0.05) is 98.8 Å². The molecule has 1 amide bonds. The quantitative estimate of drug-likeness (QED) is 0.0496. The first-order chi connectivity index (χ1) is 27.7. The Hall–Kier alpha value is -4.83. The van der Waals surface area contributed by atoms with Crippen LogP contribution in [-0.4, -0.2) is 61.5 Å². The van der Waals surface area contributed by atoms with Crippen LogP contribution in [-0.2, 0) is 43.1 Å². The zero-order chi connectivity index (χ0) is 39.7. The van der Waals surface area contributed by atoms with E-state index in [9.17, 15) is 14.4 Å². The minimum absolute atomic E-state index is 0.00186. The van der Waals surface area contributed by atoms with E-state index in [1.54, 1.807) is 0 Å². The fourth-order valence-corrected chi connectivity index (χ4v) is 8.84. The van der Waals surface area contributed by atoms with Crippen molar-refractivity contribution in [2.75, 3.05) is 26.4 Å². The summed E-state index contributed by atoms with van der Waals surface area (Å²) in [6.45, 7) is 6.82. The predicted octanol–water partition coefficient (Wildman–Crippen LogP) is 10.5. The normalized spacial score (nSPS) is 14.5. The van der Waals surface area contributed by atoms with Crippen LogP contribution in [0.1, 0.15) is 96.3 Å². The molecule has 2 aliphatic carbocycles. The zero-order valence-electron chi connectivity index (χ0n) is 33.2. The van der Waals surface area contributed by atoms with Crippen molar-refractivity contribution in [3.8, 4) is 11.1 Å². The van der Waals surface area contributed by atoms with Crippen molar-refractivity contribution in [1.29, 1.82) is 0 Å². The number of fused-ring (bicyclic) bond motifs is 4. The van der Waals surface area contributed by atoms with Gasteiger partial charge in [0.15, 0.2) is 12.1 Å². The van der Waals surface area contributed by atoms with E-state index in [4.69, 9.17) is 18.9 Å². The molecule has 0 bridgehead atoms. The van der Waals surface area contributed by atoms with Gasteiger partial charge in [-0.05, 0) is 114 Å². The minimum atomic E-state index is -0.530. The standard InChI is InChI=1S/C48H53NO7S/c1-32(2)29-53-33(3)54-31-44(50)46-26-37-24-23-35(25-45(37)57-46)12-10-11-34-19-21-36(22-20-34)27-49(28-47(51)56-38-13-4-5-14-38)48(52)55-30-43-41-17-8-6-15-39(41)40-16-7-9-18-42(40)43/h6-9,15-26,32-33,38,43H,4-5,10-14,27-31H2,1-3H3. The van der Waals surface area contributed by atoms with Gasteiger partial charge in [0.1, 0.15) is 25.9 Å². The Kier molecular flexibility index (Phi) is 13.5. The molecule has 0 aliphatic heterocycles. The number of ketones is 1. The number of benzene rings is 4. The number of carbonyl (C=O) groups is 3. The maximum absolute atomic E-state index is 13.7. The second-order valence-corrected chi connectivity index (χ2v) is 16.8. The topological polar surface area (TPSA) is 91.4 Å². The molecule has 9 heteroatoms. The van der Waals surface area contributed by atoms with Crippen molar-refractivity contribution >= 4 is 39.3 Å². The third-order valence-electron chi connectivity index (χ3n) is 10.8. The molecular formula is C48H53NO7S. The summed E-state index contributed by atoms with van der Waals surface area (Å²) in [5.41, 5.74) is 7.95. The highest BCUT2D eigenvalue weighted by molar-refractivity contribution is 7.20. The first-order valence-corrected chi connectivity index (χ1v) is 21.2. The first kappa shape index (κ1) is 40.4. The average Bonchev–Trinajstić information content (AvgIpc) is 3.96. The number of amides is 1. The fraction of sp³-hybridized carbons (Fsp3) is 0.396. The van der Waals surface area contributed by atoms with E-state index in [0.717, 1.165) is 82.8 Å². The van der Waals surface area contributed by atoms with E-state index in [1.165, 1.54) is 27.4 Å². The second-order valence-electron chi connectivity index (χ2n) is 15.7. The number of esters is 1. The number of aryl methyl sites for hydroxylation is 2. The molecular weight excluding hydrogens is 735 g/mol. The number of hydrogen-bond acceptors (Lipinski definition) is 8. The molecule has 4 aromatic carbocycles. The van der Waals surface area contributed by atoms with Gasteiger partial charge >= 0.3 is 12.1 Å². The Morgan fingerprint density at radius 1 is 0.772 bits per heavy atom. The van der Waals surface area contributed by atoms with Gasteiger partial charge < -0.3 is 18.9 Å². The molecule has 0 saturated heterocycles. The number of hydrogen-bond donors (Lipinski definition) is 0. The Morgan fingerprint density at radius 2 is 1.42 bits per heavy atom. The molecule has 1 aromatic heterocycles. The summed E-state index contributed by atoms with van der Waals surface area (Å²) >= 11 is 1.51. The van der Waals surface area contributed by atoms with Gasteiger partial charge in [-0.15, -0.1) is 11.3 Å². The van der Waals surface area contributed by atoms with Crippen LogP contribution < -0.4 is 0 Å². The van der Waals surface area contributed by atoms with Gasteiger partial charge in [-0.3, -0.25) is 14.5 Å². The van der Waals surface area contributed by atoms with E-state index in [0.29, 0.717) is 17.4 Å². The van der Waals surface area contributed by atoms with Crippen molar-refractivity contribution in [3.05, 3.63) is 130 Å². The minimum Gasteiger partial charge on any atom is -0.461 e. The van der Waals surface area contributed by atoms with Gasteiger partial charge in [0.25, 0.3) is 0 Å². The summed E-state index contributed by atoms with van der Waals surface area (Å²) < 4.78 is 24.1. The van der Waals surface area contributed by atoms with E-state index >= 15 is 0 Å². The van der Waals surface area contributed by atoms with Crippen LogP contribution in [0.4, 0.5) is 4.79 Å². The lowest BCUT2D eigenvalue weighted by molar-refractivity contribution is -0.149. The van der Waals surface area contributed by atoms with Crippen molar-refractivity contribution < 1.29 is 33.3 Å². The summed E-state index contributed by atoms with van der Waals surface area (Å²) in [5.74, 6) is -0.105.